The second-order valence-electron chi connectivity index (χ2n) is 3.64. The molecule has 0 aromatic heterocycles. The third kappa shape index (κ3) is 7.12. The number of rotatable bonds is 4. The van der Waals surface area contributed by atoms with Gasteiger partial charge in [0.05, 0.1) is 0 Å². The van der Waals surface area contributed by atoms with E-state index in [9.17, 15) is 0 Å². The molecule has 1 aliphatic rings. The van der Waals surface area contributed by atoms with Gasteiger partial charge in [0.15, 0.2) is 0 Å². The third-order valence-electron chi connectivity index (χ3n) is 2.54. The summed E-state index contributed by atoms with van der Waals surface area (Å²) in [5.74, 6) is 0. The molecule has 1 N–H and O–H groups in total. The Morgan fingerprint density at radius 1 is 1.08 bits per heavy atom. The Hall–Kier alpha value is 1.14. The number of aliphatic hydroxyl groups is 1. The number of aliphatic hydroxyl groups excluding tert-OH is 1. The van der Waals surface area contributed by atoms with Crippen LogP contribution in [0.2, 0.25) is 0 Å². The van der Waals surface area contributed by atoms with Crippen molar-refractivity contribution in [3.63, 3.8) is 0 Å². The molecule has 0 amide bonds. The first-order valence-electron chi connectivity index (χ1n) is 5.22. The zero-order valence-corrected chi connectivity index (χ0v) is 13.2. The molecule has 0 aromatic rings. The average molecular weight is 395 g/mol. The van der Waals surface area contributed by atoms with Gasteiger partial charge in [-0.25, -0.2) is 0 Å². The molecule has 0 heterocycles. The Labute approximate surface area is 118 Å². The van der Waals surface area contributed by atoms with Gasteiger partial charge in [0.1, 0.15) is 0 Å². The van der Waals surface area contributed by atoms with Gasteiger partial charge in [-0.05, 0) is 44.9 Å². The zero-order valence-electron chi connectivity index (χ0n) is 8.47. The van der Waals surface area contributed by atoms with Crippen LogP contribution in [0.5, 0.6) is 0 Å². The van der Waals surface area contributed by atoms with Crippen molar-refractivity contribution >= 4 is 0 Å². The van der Waals surface area contributed by atoms with E-state index in [0.717, 1.165) is 12.8 Å². The molecule has 1 aliphatic carbocycles. The first-order valence-corrected chi connectivity index (χ1v) is 5.22. The summed E-state index contributed by atoms with van der Waals surface area (Å²) in [5, 5.41) is 8.58. The Bertz CT molecular complexity index is 135. The molecular formula is C11H20AcO. The van der Waals surface area contributed by atoms with E-state index in [-0.39, 0.29) is 44.1 Å². The van der Waals surface area contributed by atoms with Gasteiger partial charge < -0.3 is 5.11 Å². The number of hydrogen-bond acceptors (Lipinski definition) is 1. The van der Waals surface area contributed by atoms with E-state index in [1.54, 1.807) is 5.57 Å². The predicted octanol–water partition coefficient (Wildman–Crippen LogP) is 3.04. The Kier molecular flexibility index (Phi) is 10.5. The van der Waals surface area contributed by atoms with Crippen molar-refractivity contribution in [3.05, 3.63) is 11.6 Å². The standard InChI is InChI=1S/C11H20O.Ac/c12-10-6-2-5-9-11-7-3-1-4-8-11;/h9,12H,1-8,10H2;. The molecule has 1 radical (unpaired) electrons. The molecule has 2 heteroatoms. The minimum Gasteiger partial charge on any atom is -0.396 e. The van der Waals surface area contributed by atoms with Crippen LogP contribution in [-0.4, -0.2) is 11.7 Å². The fourth-order valence-corrected chi connectivity index (χ4v) is 1.77. The first kappa shape index (κ1) is 14.1. The van der Waals surface area contributed by atoms with Crippen LogP contribution in [0.1, 0.15) is 51.4 Å². The quantitative estimate of drug-likeness (QED) is 0.573. The van der Waals surface area contributed by atoms with Crippen molar-refractivity contribution in [1.82, 2.24) is 0 Å². The SMILES string of the molecule is OCCCCC=C1CCCCC1.[Ac]. The molecule has 1 rings (SSSR count). The average Bonchev–Trinajstić information content (AvgIpc) is 2.14. The van der Waals surface area contributed by atoms with Crippen LogP contribution in [0.3, 0.4) is 0 Å². The Morgan fingerprint density at radius 3 is 2.38 bits per heavy atom. The van der Waals surface area contributed by atoms with E-state index >= 15 is 0 Å². The summed E-state index contributed by atoms with van der Waals surface area (Å²) >= 11 is 0. The molecule has 0 atom stereocenters. The van der Waals surface area contributed by atoms with Gasteiger partial charge >= 0.3 is 0 Å². The summed E-state index contributed by atoms with van der Waals surface area (Å²) < 4.78 is 0. The van der Waals surface area contributed by atoms with Crippen molar-refractivity contribution in [2.24, 2.45) is 0 Å². The van der Waals surface area contributed by atoms with Crippen molar-refractivity contribution in [2.45, 2.75) is 51.4 Å². The molecule has 0 bridgehead atoms. The van der Waals surface area contributed by atoms with Gasteiger partial charge in [-0.15, -0.1) is 0 Å². The molecule has 0 unspecified atom stereocenters. The molecule has 13 heavy (non-hydrogen) atoms. The number of hydrogen-bond donors (Lipinski definition) is 1. The maximum absolute atomic E-state index is 8.58. The van der Waals surface area contributed by atoms with E-state index in [0.29, 0.717) is 6.61 Å². The summed E-state index contributed by atoms with van der Waals surface area (Å²) in [5.41, 5.74) is 1.67. The predicted molar refractivity (Wildman–Crippen MR) is 52.1 cm³/mol. The smallest absolute Gasteiger partial charge is 0.0431 e. The molecule has 1 nitrogen and oxygen atoms in total. The zero-order chi connectivity index (χ0) is 8.65. The summed E-state index contributed by atoms with van der Waals surface area (Å²) in [6.07, 6.45) is 12.6. The van der Waals surface area contributed by atoms with Crippen LogP contribution < -0.4 is 0 Å². The van der Waals surface area contributed by atoms with Crippen LogP contribution >= 0.6 is 0 Å². The minimum absolute atomic E-state index is 0. The summed E-state index contributed by atoms with van der Waals surface area (Å²) in [4.78, 5) is 0. The van der Waals surface area contributed by atoms with Gasteiger partial charge in [0, 0.05) is 50.7 Å². The second kappa shape index (κ2) is 9.69. The van der Waals surface area contributed by atoms with E-state index in [4.69, 9.17) is 5.11 Å². The van der Waals surface area contributed by atoms with Crippen molar-refractivity contribution in [1.29, 1.82) is 0 Å². The maximum atomic E-state index is 8.58. The summed E-state index contributed by atoms with van der Waals surface area (Å²) in [6.45, 7) is 0.350. The molecule has 0 aliphatic heterocycles. The third-order valence-corrected chi connectivity index (χ3v) is 2.54. The maximum Gasteiger partial charge on any atom is 0.0431 e. The molecule has 1 fully saturated rings. The van der Waals surface area contributed by atoms with Crippen molar-refractivity contribution < 1.29 is 49.2 Å². The number of unbranched alkanes of at least 4 members (excludes halogenated alkanes) is 2. The van der Waals surface area contributed by atoms with Crippen LogP contribution in [0.4, 0.5) is 0 Å². The van der Waals surface area contributed by atoms with Gasteiger partial charge in [-0.2, -0.15) is 0 Å². The van der Waals surface area contributed by atoms with E-state index in [1.165, 1.54) is 38.5 Å². The van der Waals surface area contributed by atoms with E-state index < -0.39 is 0 Å². The van der Waals surface area contributed by atoms with E-state index in [2.05, 4.69) is 6.08 Å². The largest absolute Gasteiger partial charge is 0.396 e. The fourth-order valence-electron chi connectivity index (χ4n) is 1.77. The van der Waals surface area contributed by atoms with Gasteiger partial charge in [0.2, 0.25) is 0 Å². The topological polar surface area (TPSA) is 20.2 Å². The Balaban J connectivity index is 0.00000144. The van der Waals surface area contributed by atoms with Gasteiger partial charge in [-0.3, -0.25) is 0 Å². The van der Waals surface area contributed by atoms with Gasteiger partial charge in [-0.1, -0.05) is 18.1 Å². The van der Waals surface area contributed by atoms with Crippen LogP contribution in [0, 0.1) is 44.1 Å². The monoisotopic (exact) mass is 395 g/mol. The number of allylic oxidation sites excluding steroid dienone is 2. The Morgan fingerprint density at radius 2 is 1.77 bits per heavy atom. The van der Waals surface area contributed by atoms with Crippen LogP contribution in [0.25, 0.3) is 0 Å². The first-order chi connectivity index (χ1) is 5.93. The van der Waals surface area contributed by atoms with Crippen LogP contribution in [-0.2, 0) is 0 Å². The summed E-state index contributed by atoms with van der Waals surface area (Å²) in [7, 11) is 0. The minimum atomic E-state index is 0. The van der Waals surface area contributed by atoms with Crippen LogP contribution in [0.15, 0.2) is 11.6 Å². The molecular weight excluding hydrogens is 375 g/mol. The molecule has 73 valence electrons. The van der Waals surface area contributed by atoms with Crippen molar-refractivity contribution in [2.75, 3.05) is 6.61 Å². The molecule has 0 aromatic carbocycles. The molecule has 0 spiro atoms. The van der Waals surface area contributed by atoms with E-state index in [1.807, 2.05) is 0 Å². The van der Waals surface area contributed by atoms with Crippen molar-refractivity contribution in [3.8, 4) is 0 Å². The molecule has 0 saturated heterocycles. The molecule has 1 saturated carbocycles. The second-order valence-corrected chi connectivity index (χ2v) is 3.64. The summed E-state index contributed by atoms with van der Waals surface area (Å²) in [6, 6.07) is 0. The normalized spacial score (nSPS) is 16.5. The fraction of sp³-hybridized carbons (Fsp3) is 0.818. The van der Waals surface area contributed by atoms with Gasteiger partial charge in [0.25, 0.3) is 0 Å².